The second-order valence-electron chi connectivity index (χ2n) is 29.2. The van der Waals surface area contributed by atoms with E-state index in [9.17, 15) is 33.9 Å². The van der Waals surface area contributed by atoms with Gasteiger partial charge in [-0.1, -0.05) is 109 Å². The van der Waals surface area contributed by atoms with E-state index in [0.717, 1.165) is 4.90 Å². The van der Waals surface area contributed by atoms with Crippen molar-refractivity contribution in [2.24, 2.45) is 41.4 Å². The Morgan fingerprint density at radius 1 is 0.531 bits per heavy atom. The first-order chi connectivity index (χ1) is 44.7. The van der Waals surface area contributed by atoms with Crippen LogP contribution in [0, 0.1) is 41.4 Å². The lowest BCUT2D eigenvalue weighted by atomic mass is 9.91. The number of likely N-dealkylation sites (N-methyl/N-ethyl adjacent to an activating group) is 6. The zero-order valence-electron chi connectivity index (χ0n) is 61.9. The van der Waals surface area contributed by atoms with E-state index in [2.05, 4.69) is 21.3 Å². The number of ether oxygens (including phenoxy) is 2. The second kappa shape index (κ2) is 37.7. The van der Waals surface area contributed by atoms with Gasteiger partial charge in [0.2, 0.25) is 65.0 Å². The smallest absolute Gasteiger partial charge is 0.410 e. The molecule has 0 aromatic carbocycles. The van der Waals surface area contributed by atoms with Crippen LogP contribution in [-0.2, 0) is 62.2 Å². The molecule has 0 aromatic heterocycles. The second-order valence-corrected chi connectivity index (χ2v) is 29.2. The number of morpholine rings is 1. The topological polar surface area (TPSA) is 318 Å². The molecule has 96 heavy (non-hydrogen) atoms. The molecule has 3 aliphatic rings. The predicted octanol–water partition coefficient (Wildman–Crippen LogP) is 3.25. The number of allylic oxidation sites excluding steroid dienone is 2. The Hall–Kier alpha value is -6.90. The fraction of sp³-hybridized carbons (Fsp3) is 0.797. The van der Waals surface area contributed by atoms with Gasteiger partial charge in [0.05, 0.1) is 25.9 Å². The molecular weight excluding hydrogens is 1240 g/mol. The third kappa shape index (κ3) is 22.1. The van der Waals surface area contributed by atoms with Gasteiger partial charge >= 0.3 is 6.09 Å². The Morgan fingerprint density at radius 2 is 0.979 bits per heavy atom. The number of carbonyl (C=O) groups excluding carboxylic acids is 12. The Labute approximate surface area is 571 Å². The molecule has 1 unspecified atom stereocenters. The van der Waals surface area contributed by atoms with Gasteiger partial charge in [0.15, 0.2) is 0 Å². The van der Waals surface area contributed by atoms with Crippen LogP contribution in [0.25, 0.3) is 0 Å². The molecule has 3 aliphatic heterocycles. The molecule has 5 N–H and O–H groups in total. The van der Waals surface area contributed by atoms with Gasteiger partial charge < -0.3 is 75.0 Å². The van der Waals surface area contributed by atoms with Crippen LogP contribution in [0.2, 0.25) is 0 Å². The Balaban J connectivity index is 2.41. The summed E-state index contributed by atoms with van der Waals surface area (Å²) < 4.78 is 11.5. The van der Waals surface area contributed by atoms with Crippen LogP contribution in [0.15, 0.2) is 12.2 Å². The van der Waals surface area contributed by atoms with E-state index in [4.69, 9.17) is 9.47 Å². The number of amides is 12. The van der Waals surface area contributed by atoms with Gasteiger partial charge in [0.1, 0.15) is 72.6 Å². The molecular formula is C69H120N12O15. The van der Waals surface area contributed by atoms with E-state index in [-0.39, 0.29) is 101 Å². The number of nitrogens with zero attached hydrogens (tertiary/aromatic N) is 8. The van der Waals surface area contributed by atoms with E-state index in [0.29, 0.717) is 0 Å². The molecule has 27 nitrogen and oxygen atoms in total. The maximum atomic E-state index is 15.4. The Morgan fingerprint density at radius 3 is 1.46 bits per heavy atom. The summed E-state index contributed by atoms with van der Waals surface area (Å²) in [6.07, 6.45) is 0.649. The van der Waals surface area contributed by atoms with E-state index in [1.807, 2.05) is 55.4 Å². The van der Waals surface area contributed by atoms with Crippen LogP contribution in [0.3, 0.4) is 0 Å². The fourth-order valence-corrected chi connectivity index (χ4v) is 12.8. The summed E-state index contributed by atoms with van der Waals surface area (Å²) in [6, 6.07) is -14.4. The molecule has 0 bridgehead atoms. The van der Waals surface area contributed by atoms with Gasteiger partial charge in [-0.25, -0.2) is 4.79 Å². The van der Waals surface area contributed by atoms with Gasteiger partial charge in [-0.2, -0.15) is 0 Å². The largest absolute Gasteiger partial charge is 0.444 e. The van der Waals surface area contributed by atoms with Gasteiger partial charge in [-0.15, -0.1) is 0 Å². The van der Waals surface area contributed by atoms with Crippen molar-refractivity contribution < 1.29 is 72.1 Å². The molecule has 0 aromatic rings. The number of nitrogens with one attached hydrogen (secondary N) is 4. The fourth-order valence-electron chi connectivity index (χ4n) is 12.8. The minimum atomic E-state index is -1.70. The highest BCUT2D eigenvalue weighted by molar-refractivity contribution is 6.00. The number of hydrogen-bond acceptors (Lipinski definition) is 15. The van der Waals surface area contributed by atoms with Crippen molar-refractivity contribution in [2.45, 2.75) is 241 Å². The maximum absolute atomic E-state index is 15.4. The lowest BCUT2D eigenvalue weighted by Gasteiger charge is -2.41. The summed E-state index contributed by atoms with van der Waals surface area (Å²) >= 11 is 0. The summed E-state index contributed by atoms with van der Waals surface area (Å²) in [5, 5.41) is 23.4. The van der Waals surface area contributed by atoms with Crippen molar-refractivity contribution in [3.05, 3.63) is 12.2 Å². The zero-order chi connectivity index (χ0) is 73.2. The normalized spacial score (nSPS) is 28.2. The highest BCUT2D eigenvalue weighted by Crippen LogP contribution is 2.29. The molecule has 27 heteroatoms. The highest BCUT2D eigenvalue weighted by Gasteiger charge is 2.49. The molecule has 0 aliphatic carbocycles. The first-order valence-corrected chi connectivity index (χ1v) is 34.6. The number of rotatable bonds is 16. The van der Waals surface area contributed by atoms with E-state index >= 15 is 28.8 Å². The monoisotopic (exact) mass is 1360 g/mol. The van der Waals surface area contributed by atoms with Crippen LogP contribution in [-0.4, -0.2) is 269 Å². The van der Waals surface area contributed by atoms with Gasteiger partial charge in [0.25, 0.3) is 0 Å². The molecule has 0 saturated carbocycles. The molecule has 3 rings (SSSR count). The van der Waals surface area contributed by atoms with E-state index in [1.165, 1.54) is 90.4 Å². The predicted molar refractivity (Wildman–Crippen MR) is 364 cm³/mol. The Kier molecular flexibility index (Phi) is 32.7. The molecule has 3 fully saturated rings. The van der Waals surface area contributed by atoms with Crippen molar-refractivity contribution >= 4 is 71.1 Å². The average Bonchev–Trinajstić information content (AvgIpc) is 1.33. The molecule has 3 saturated heterocycles. The van der Waals surface area contributed by atoms with Crippen molar-refractivity contribution in [2.75, 3.05) is 75.1 Å². The maximum Gasteiger partial charge on any atom is 0.410 e. The van der Waals surface area contributed by atoms with Crippen molar-refractivity contribution in [3.8, 4) is 0 Å². The number of aliphatic hydroxyl groups excluding tert-OH is 1. The number of hydrogen-bond donors (Lipinski definition) is 5. The van der Waals surface area contributed by atoms with Crippen molar-refractivity contribution in [3.63, 3.8) is 0 Å². The number of fused-ring (bicyclic) bond motifs is 1. The van der Waals surface area contributed by atoms with Crippen LogP contribution in [0.4, 0.5) is 4.79 Å². The van der Waals surface area contributed by atoms with Crippen LogP contribution in [0.5, 0.6) is 0 Å². The van der Waals surface area contributed by atoms with Crippen molar-refractivity contribution in [1.29, 1.82) is 0 Å². The molecule has 0 spiro atoms. The molecule has 546 valence electrons. The summed E-state index contributed by atoms with van der Waals surface area (Å²) in [5.74, 6) is -10.5. The highest BCUT2D eigenvalue weighted by atomic mass is 16.6. The first-order valence-electron chi connectivity index (χ1n) is 34.6. The standard InChI is InChI=1S/C69H120N12O15/c1-24-26-27-44(15)57(82)56-61(86)72-48(25-2)63(88)81-37-47(96-69(94)80-28-30-95-31-29-80)36-53(81)66(91)74(18)50(33-39(5)6)60(85)73-54(42(11)12)67(92)75(19)49(32-38(3)4)59(84)70-45(16)58(83)71-46(17)62(87)76(20)51(34-40(7)8)64(89)77(21)52(35-41(9)10)65(90)78(22)55(43(13)14)68(93)79(56)23/h24,26,38-57,82H,25,27-37H2,1-23H3,(H,70,84)(H,71,83)(H,72,86)(H,73,85)/b26-24+/t44-,45+,46-,47?,48+,49+,50+,51+,52+,53-,54+,55+,56+,57-/m1/s1. The van der Waals surface area contributed by atoms with Crippen LogP contribution >= 0.6 is 0 Å². The lowest BCUT2D eigenvalue weighted by molar-refractivity contribution is -0.157. The quantitative estimate of drug-likeness (QED) is 0.139. The SMILES string of the molecule is C/C=C/C[C@@H](C)[C@@H](O)[C@H]1C(=O)N[C@@H](CC)C(=O)N2CC(OC(=O)N3CCOCC3)C[C@@H]2C(=O)N(C)[C@@H](CC(C)C)C(=O)N[C@@H](C(C)C)C(=O)N(C)[C@@H](CC(C)C)C(=O)N[C@@H](C)C(=O)N[C@H](C)C(=O)N(C)[C@@H](CC(C)C)C(=O)N(C)[C@@H](CC(C)C)C(=O)N(C)[C@@H](C(C)C)C(=O)N1C. The number of carbonyl (C=O) groups is 12. The summed E-state index contributed by atoms with van der Waals surface area (Å²) in [4.78, 5) is 188. The van der Waals surface area contributed by atoms with Crippen LogP contribution < -0.4 is 21.3 Å². The molecule has 12 amide bonds. The van der Waals surface area contributed by atoms with Gasteiger partial charge in [-0.05, 0) is 101 Å². The van der Waals surface area contributed by atoms with E-state index in [1.54, 1.807) is 60.6 Å². The molecule has 0 radical (unpaired) electrons. The van der Waals surface area contributed by atoms with Gasteiger partial charge in [0, 0.05) is 61.8 Å². The summed E-state index contributed by atoms with van der Waals surface area (Å²) in [5.41, 5.74) is 0. The first kappa shape index (κ1) is 83.3. The van der Waals surface area contributed by atoms with Crippen LogP contribution in [0.1, 0.15) is 163 Å². The molecule has 3 heterocycles. The third-order valence-electron chi connectivity index (χ3n) is 18.6. The minimum Gasteiger partial charge on any atom is -0.444 e. The van der Waals surface area contributed by atoms with Crippen molar-refractivity contribution in [1.82, 2.24) is 60.5 Å². The third-order valence-corrected chi connectivity index (χ3v) is 18.6. The number of aliphatic hydroxyl groups is 1. The minimum absolute atomic E-state index is 0.0712. The summed E-state index contributed by atoms with van der Waals surface area (Å²) in [7, 11) is 8.47. The van der Waals surface area contributed by atoms with Gasteiger partial charge in [-0.3, -0.25) is 52.7 Å². The molecule has 14 atom stereocenters. The summed E-state index contributed by atoms with van der Waals surface area (Å²) in [6.45, 7) is 30.3. The average molecular weight is 1360 g/mol. The Bertz CT molecular complexity index is 2720. The zero-order valence-corrected chi connectivity index (χ0v) is 61.9. The van der Waals surface area contributed by atoms with E-state index < -0.39 is 167 Å². The lowest BCUT2D eigenvalue weighted by Crippen LogP contribution is -2.64.